The van der Waals surface area contributed by atoms with E-state index >= 15 is 0 Å². The molecular formula is C17H17ClN4O2S. The van der Waals surface area contributed by atoms with Crippen LogP contribution in [-0.2, 0) is 23.6 Å². The van der Waals surface area contributed by atoms with Crippen LogP contribution in [0.15, 0.2) is 53.8 Å². The van der Waals surface area contributed by atoms with E-state index < -0.39 is 10.0 Å². The van der Waals surface area contributed by atoms with Crippen molar-refractivity contribution in [3.63, 3.8) is 0 Å². The van der Waals surface area contributed by atoms with Crippen LogP contribution in [0.3, 0.4) is 0 Å². The SMILES string of the molecule is Cc1c(Cl)cccc1S(=O)(=O)NCc1ccc(-c2cnn(C)c2)nc1. The second-order valence-electron chi connectivity index (χ2n) is 5.64. The Kier molecular flexibility index (Phi) is 4.89. The average Bonchev–Trinajstić information content (AvgIpc) is 3.02. The highest BCUT2D eigenvalue weighted by molar-refractivity contribution is 7.89. The number of aryl methyl sites for hydroxylation is 1. The normalized spacial score (nSPS) is 11.6. The van der Waals surface area contributed by atoms with Crippen molar-refractivity contribution < 1.29 is 8.42 Å². The fourth-order valence-corrected chi connectivity index (χ4v) is 3.90. The largest absolute Gasteiger partial charge is 0.275 e. The van der Waals surface area contributed by atoms with Crippen molar-refractivity contribution in [3.05, 3.63) is 65.1 Å². The van der Waals surface area contributed by atoms with Crippen molar-refractivity contribution in [1.82, 2.24) is 19.5 Å². The van der Waals surface area contributed by atoms with Gasteiger partial charge >= 0.3 is 0 Å². The van der Waals surface area contributed by atoms with E-state index in [0.29, 0.717) is 10.6 Å². The third-order valence-electron chi connectivity index (χ3n) is 3.80. The van der Waals surface area contributed by atoms with Crippen molar-refractivity contribution in [2.75, 3.05) is 0 Å². The summed E-state index contributed by atoms with van der Waals surface area (Å²) >= 11 is 6.01. The number of hydrogen-bond acceptors (Lipinski definition) is 4. The van der Waals surface area contributed by atoms with Crippen LogP contribution in [0.1, 0.15) is 11.1 Å². The number of aromatic nitrogens is 3. The van der Waals surface area contributed by atoms with Crippen molar-refractivity contribution >= 4 is 21.6 Å². The lowest BCUT2D eigenvalue weighted by Gasteiger charge is -2.10. The smallest absolute Gasteiger partial charge is 0.241 e. The maximum Gasteiger partial charge on any atom is 0.241 e. The molecule has 3 aromatic rings. The molecule has 8 heteroatoms. The van der Waals surface area contributed by atoms with Crippen LogP contribution >= 0.6 is 11.6 Å². The first-order chi connectivity index (χ1) is 11.9. The zero-order valence-corrected chi connectivity index (χ0v) is 15.3. The maximum absolute atomic E-state index is 12.5. The molecule has 0 fully saturated rings. The Bertz CT molecular complexity index is 998. The summed E-state index contributed by atoms with van der Waals surface area (Å²) in [4.78, 5) is 4.54. The number of nitrogens with zero attached hydrogens (tertiary/aromatic N) is 3. The summed E-state index contributed by atoms with van der Waals surface area (Å²) in [7, 11) is -1.81. The van der Waals surface area contributed by atoms with Gasteiger partial charge in [-0.25, -0.2) is 13.1 Å². The van der Waals surface area contributed by atoms with Gasteiger partial charge in [0.25, 0.3) is 0 Å². The second kappa shape index (κ2) is 6.95. The van der Waals surface area contributed by atoms with Gasteiger partial charge < -0.3 is 0 Å². The molecule has 0 radical (unpaired) electrons. The number of rotatable bonds is 5. The molecule has 130 valence electrons. The van der Waals surface area contributed by atoms with E-state index in [-0.39, 0.29) is 11.4 Å². The highest BCUT2D eigenvalue weighted by Gasteiger charge is 2.17. The molecule has 0 saturated carbocycles. The van der Waals surface area contributed by atoms with E-state index in [2.05, 4.69) is 14.8 Å². The molecule has 0 unspecified atom stereocenters. The van der Waals surface area contributed by atoms with Gasteiger partial charge in [0.1, 0.15) is 0 Å². The quantitative estimate of drug-likeness (QED) is 0.742. The molecule has 1 N–H and O–H groups in total. The first-order valence-electron chi connectivity index (χ1n) is 7.55. The summed E-state index contributed by atoms with van der Waals surface area (Å²) in [6, 6.07) is 8.49. The Morgan fingerprint density at radius 3 is 2.64 bits per heavy atom. The molecule has 0 saturated heterocycles. The van der Waals surface area contributed by atoms with Gasteiger partial charge in [-0.1, -0.05) is 23.7 Å². The van der Waals surface area contributed by atoms with E-state index in [0.717, 1.165) is 16.8 Å². The molecule has 25 heavy (non-hydrogen) atoms. The fraction of sp³-hybridized carbons (Fsp3) is 0.176. The summed E-state index contributed by atoms with van der Waals surface area (Å²) in [5.74, 6) is 0. The van der Waals surface area contributed by atoms with Gasteiger partial charge in [0.2, 0.25) is 10.0 Å². The fourth-order valence-electron chi connectivity index (χ4n) is 2.39. The van der Waals surface area contributed by atoms with Gasteiger partial charge in [0, 0.05) is 36.6 Å². The summed E-state index contributed by atoms with van der Waals surface area (Å²) in [6.07, 6.45) is 5.24. The predicted octanol–water partition coefficient (Wildman–Crippen LogP) is 2.92. The second-order valence-corrected chi connectivity index (χ2v) is 7.78. The molecule has 0 aliphatic carbocycles. The average molecular weight is 377 g/mol. The Hall–Kier alpha value is -2.22. The van der Waals surface area contributed by atoms with Crippen molar-refractivity contribution in [2.24, 2.45) is 7.05 Å². The molecular weight excluding hydrogens is 360 g/mol. The van der Waals surface area contributed by atoms with Crippen LogP contribution < -0.4 is 4.72 Å². The number of benzene rings is 1. The van der Waals surface area contributed by atoms with Gasteiger partial charge in [-0.2, -0.15) is 5.10 Å². The zero-order valence-electron chi connectivity index (χ0n) is 13.8. The van der Waals surface area contributed by atoms with Crippen molar-refractivity contribution in [1.29, 1.82) is 0 Å². The third-order valence-corrected chi connectivity index (χ3v) is 5.75. The maximum atomic E-state index is 12.5. The summed E-state index contributed by atoms with van der Waals surface area (Å²) in [6.45, 7) is 1.83. The molecule has 1 aromatic carbocycles. The first-order valence-corrected chi connectivity index (χ1v) is 9.41. The van der Waals surface area contributed by atoms with Crippen LogP contribution in [0.2, 0.25) is 5.02 Å². The minimum atomic E-state index is -3.65. The standard InChI is InChI=1S/C17H17ClN4O2S/c1-12-15(18)4-3-5-17(12)25(23,24)21-9-13-6-7-16(19-8-13)14-10-20-22(2)11-14/h3-8,10-11,21H,9H2,1-2H3. The highest BCUT2D eigenvalue weighted by atomic mass is 35.5. The summed E-state index contributed by atoms with van der Waals surface area (Å²) < 4.78 is 29.2. The molecule has 2 heterocycles. The Balaban J connectivity index is 1.74. The predicted molar refractivity (Wildman–Crippen MR) is 96.7 cm³/mol. The van der Waals surface area contributed by atoms with Crippen LogP contribution in [0, 0.1) is 6.92 Å². The van der Waals surface area contributed by atoms with Crippen molar-refractivity contribution in [3.8, 4) is 11.3 Å². The van der Waals surface area contributed by atoms with E-state index in [1.165, 1.54) is 6.07 Å². The monoisotopic (exact) mass is 376 g/mol. The van der Waals surface area contributed by atoms with Crippen LogP contribution in [0.4, 0.5) is 0 Å². The first kappa shape index (κ1) is 17.6. The number of halogens is 1. The van der Waals surface area contributed by atoms with Gasteiger partial charge in [-0.15, -0.1) is 0 Å². The lowest BCUT2D eigenvalue weighted by Crippen LogP contribution is -2.24. The van der Waals surface area contributed by atoms with Gasteiger partial charge in [0.05, 0.1) is 16.8 Å². The number of sulfonamides is 1. The molecule has 0 aliphatic rings. The van der Waals surface area contributed by atoms with Gasteiger partial charge in [-0.05, 0) is 36.2 Å². The third kappa shape index (κ3) is 3.89. The lowest BCUT2D eigenvalue weighted by molar-refractivity contribution is 0.580. The van der Waals surface area contributed by atoms with Crippen LogP contribution in [0.25, 0.3) is 11.3 Å². The van der Waals surface area contributed by atoms with Crippen molar-refractivity contribution in [2.45, 2.75) is 18.4 Å². The zero-order chi connectivity index (χ0) is 18.0. The summed E-state index contributed by atoms with van der Waals surface area (Å²) in [5.41, 5.74) is 2.98. The molecule has 0 aliphatic heterocycles. The Labute approximate surface area is 151 Å². The molecule has 3 rings (SSSR count). The number of nitrogens with one attached hydrogen (secondary N) is 1. The van der Waals surface area contributed by atoms with E-state index in [9.17, 15) is 8.42 Å². The molecule has 6 nitrogen and oxygen atoms in total. The Morgan fingerprint density at radius 1 is 1.20 bits per heavy atom. The topological polar surface area (TPSA) is 76.9 Å². The molecule has 2 aromatic heterocycles. The van der Waals surface area contributed by atoms with E-state index in [1.807, 2.05) is 25.4 Å². The number of pyridine rings is 1. The Morgan fingerprint density at radius 2 is 2.00 bits per heavy atom. The minimum Gasteiger partial charge on any atom is -0.275 e. The molecule has 0 bridgehead atoms. The number of hydrogen-bond donors (Lipinski definition) is 1. The molecule has 0 atom stereocenters. The van der Waals surface area contributed by atoms with E-state index in [4.69, 9.17) is 11.6 Å². The lowest BCUT2D eigenvalue weighted by atomic mass is 10.2. The highest BCUT2D eigenvalue weighted by Crippen LogP contribution is 2.23. The minimum absolute atomic E-state index is 0.147. The van der Waals surface area contributed by atoms with Gasteiger partial charge in [-0.3, -0.25) is 9.67 Å². The van der Waals surface area contributed by atoms with E-state index in [1.54, 1.807) is 36.1 Å². The van der Waals surface area contributed by atoms with Gasteiger partial charge in [0.15, 0.2) is 0 Å². The summed E-state index contributed by atoms with van der Waals surface area (Å²) in [5, 5.41) is 4.53. The molecule has 0 spiro atoms. The van der Waals surface area contributed by atoms with Crippen LogP contribution in [0.5, 0.6) is 0 Å². The van der Waals surface area contributed by atoms with Crippen LogP contribution in [-0.4, -0.2) is 23.2 Å². The molecule has 0 amide bonds.